The van der Waals surface area contributed by atoms with Crippen LogP contribution in [-0.2, 0) is 19.1 Å². The van der Waals surface area contributed by atoms with Crippen molar-refractivity contribution < 1.29 is 28.5 Å². The molecule has 0 spiro atoms. The lowest BCUT2D eigenvalue weighted by atomic mass is 9.89. The van der Waals surface area contributed by atoms with Crippen LogP contribution in [0.3, 0.4) is 0 Å². The van der Waals surface area contributed by atoms with E-state index in [1.807, 2.05) is 47.0 Å². The Kier molecular flexibility index (Phi) is 8.33. The van der Waals surface area contributed by atoms with Crippen molar-refractivity contribution >= 4 is 28.9 Å². The van der Waals surface area contributed by atoms with E-state index in [-0.39, 0.29) is 19.1 Å². The second-order valence-corrected chi connectivity index (χ2v) is 9.37. The fourth-order valence-corrected chi connectivity index (χ4v) is 4.63. The predicted molar refractivity (Wildman–Crippen MR) is 140 cm³/mol. The zero-order valence-electron chi connectivity index (χ0n) is 22.1. The van der Waals surface area contributed by atoms with Crippen LogP contribution in [0, 0.1) is 11.8 Å². The van der Waals surface area contributed by atoms with Crippen molar-refractivity contribution in [2.45, 2.75) is 33.2 Å². The molecule has 1 amide bonds. The minimum absolute atomic E-state index is 0.164. The maximum atomic E-state index is 13.9. The third kappa shape index (κ3) is 5.27. The summed E-state index contributed by atoms with van der Waals surface area (Å²) in [6.07, 6.45) is 0.911. The molecule has 198 valence electrons. The van der Waals surface area contributed by atoms with E-state index in [4.69, 9.17) is 23.9 Å². The number of para-hydroxylation sites is 2. The zero-order chi connectivity index (χ0) is 26.5. The summed E-state index contributed by atoms with van der Waals surface area (Å²) in [5.74, 6) is 0.0459. The smallest absolute Gasteiger partial charge is 0.321 e. The Morgan fingerprint density at radius 3 is 2.57 bits per heavy atom. The average molecular weight is 510 g/mol. The Labute approximate surface area is 217 Å². The van der Waals surface area contributed by atoms with Gasteiger partial charge in [0.15, 0.2) is 17.4 Å². The van der Waals surface area contributed by atoms with Crippen molar-refractivity contribution in [2.24, 2.45) is 11.8 Å². The predicted octanol–water partition coefficient (Wildman–Crippen LogP) is 4.23. The van der Waals surface area contributed by atoms with Gasteiger partial charge in [0, 0.05) is 7.11 Å². The van der Waals surface area contributed by atoms with E-state index in [1.54, 1.807) is 21.1 Å². The minimum Gasteiger partial charge on any atom is -0.493 e. The second-order valence-electron chi connectivity index (χ2n) is 9.37. The number of fused-ring (bicyclic) bond motifs is 3. The maximum absolute atomic E-state index is 13.9. The van der Waals surface area contributed by atoms with Crippen LogP contribution in [0.5, 0.6) is 11.5 Å². The number of imidazole rings is 1. The number of anilines is 1. The van der Waals surface area contributed by atoms with Gasteiger partial charge < -0.3 is 23.5 Å². The molecular weight excluding hydrogens is 474 g/mol. The van der Waals surface area contributed by atoms with Crippen molar-refractivity contribution in [2.75, 3.05) is 45.5 Å². The molecule has 2 heterocycles. The number of aromatic nitrogens is 2. The van der Waals surface area contributed by atoms with Crippen LogP contribution in [0.15, 0.2) is 42.5 Å². The Balaban J connectivity index is 1.87. The SMILES string of the molecule is CCOC(=O)[C@@H]1C(=O)N(CCOC)c2nc3ccccc3n2[C@@H]1c1ccc(OCCC(C)C)c(OC)c1. The Bertz CT molecular complexity index is 1250. The molecule has 0 fully saturated rings. The number of hydrogen-bond acceptors (Lipinski definition) is 7. The number of hydrogen-bond donors (Lipinski definition) is 0. The quantitative estimate of drug-likeness (QED) is 0.282. The number of ether oxygens (including phenoxy) is 4. The van der Waals surface area contributed by atoms with Gasteiger partial charge in [-0.1, -0.05) is 32.0 Å². The highest BCUT2D eigenvalue weighted by atomic mass is 16.5. The standard InChI is InChI=1S/C28H35N3O6/c1-6-36-27(33)24-25(19-11-12-22(23(17-19)35-5)37-15-13-18(2)3)31-21-10-8-7-9-20(21)29-28(31)30(26(24)32)14-16-34-4/h7-12,17-18,24-25H,6,13-16H2,1-5H3/t24-,25+/m0/s1. The first-order valence-corrected chi connectivity index (χ1v) is 12.7. The van der Waals surface area contributed by atoms with Crippen molar-refractivity contribution in [1.29, 1.82) is 0 Å². The molecule has 0 aliphatic carbocycles. The van der Waals surface area contributed by atoms with Crippen molar-refractivity contribution in [3.63, 3.8) is 0 Å². The molecule has 37 heavy (non-hydrogen) atoms. The molecule has 0 saturated carbocycles. The second kappa shape index (κ2) is 11.6. The molecule has 4 rings (SSSR count). The van der Waals surface area contributed by atoms with E-state index in [0.29, 0.717) is 36.6 Å². The van der Waals surface area contributed by atoms with Crippen LogP contribution in [0.2, 0.25) is 0 Å². The maximum Gasteiger partial charge on any atom is 0.321 e. The Morgan fingerprint density at radius 1 is 1.08 bits per heavy atom. The third-order valence-electron chi connectivity index (χ3n) is 6.49. The number of methoxy groups -OCH3 is 2. The zero-order valence-corrected chi connectivity index (χ0v) is 22.1. The average Bonchev–Trinajstić information content (AvgIpc) is 3.26. The summed E-state index contributed by atoms with van der Waals surface area (Å²) < 4.78 is 24.2. The summed E-state index contributed by atoms with van der Waals surface area (Å²) in [6, 6.07) is 12.5. The van der Waals surface area contributed by atoms with Gasteiger partial charge in [0.1, 0.15) is 0 Å². The van der Waals surface area contributed by atoms with E-state index < -0.39 is 17.9 Å². The number of carbonyl (C=O) groups is 2. The molecule has 9 nitrogen and oxygen atoms in total. The van der Waals surface area contributed by atoms with Crippen LogP contribution in [-0.4, -0.2) is 62.0 Å². The number of esters is 1. The summed E-state index contributed by atoms with van der Waals surface area (Å²) in [5.41, 5.74) is 2.25. The van der Waals surface area contributed by atoms with Crippen molar-refractivity contribution in [1.82, 2.24) is 9.55 Å². The van der Waals surface area contributed by atoms with Crippen LogP contribution in [0.25, 0.3) is 11.0 Å². The van der Waals surface area contributed by atoms with Crippen LogP contribution in [0.1, 0.15) is 38.8 Å². The van der Waals surface area contributed by atoms with Crippen molar-refractivity contribution in [3.05, 3.63) is 48.0 Å². The molecule has 0 radical (unpaired) electrons. The van der Waals surface area contributed by atoms with Gasteiger partial charge in [0.2, 0.25) is 11.9 Å². The van der Waals surface area contributed by atoms with E-state index in [0.717, 1.165) is 23.0 Å². The number of amides is 1. The first kappa shape index (κ1) is 26.5. The van der Waals surface area contributed by atoms with Gasteiger partial charge in [-0.05, 0) is 49.1 Å². The molecule has 0 N–H and O–H groups in total. The fraction of sp³-hybridized carbons (Fsp3) is 0.464. The number of carbonyl (C=O) groups excluding carboxylic acids is 2. The largest absolute Gasteiger partial charge is 0.493 e. The monoisotopic (exact) mass is 509 g/mol. The molecule has 3 aromatic rings. The molecule has 2 atom stereocenters. The van der Waals surface area contributed by atoms with Gasteiger partial charge in [-0.15, -0.1) is 0 Å². The number of rotatable bonds is 11. The summed E-state index contributed by atoms with van der Waals surface area (Å²) in [6.45, 7) is 7.29. The summed E-state index contributed by atoms with van der Waals surface area (Å²) >= 11 is 0. The normalized spacial score (nSPS) is 17.2. The first-order chi connectivity index (χ1) is 17.9. The van der Waals surface area contributed by atoms with Gasteiger partial charge in [0.05, 0.1) is 50.6 Å². The summed E-state index contributed by atoms with van der Waals surface area (Å²) in [4.78, 5) is 33.5. The lowest BCUT2D eigenvalue weighted by Crippen LogP contribution is -2.51. The lowest BCUT2D eigenvalue weighted by Gasteiger charge is -2.38. The van der Waals surface area contributed by atoms with Gasteiger partial charge >= 0.3 is 5.97 Å². The van der Waals surface area contributed by atoms with Gasteiger partial charge in [0.25, 0.3) is 0 Å². The molecule has 1 aliphatic heterocycles. The highest BCUT2D eigenvalue weighted by Gasteiger charge is 2.48. The summed E-state index contributed by atoms with van der Waals surface area (Å²) in [7, 11) is 3.15. The number of nitrogens with zero attached hydrogens (tertiary/aromatic N) is 3. The molecular formula is C28H35N3O6. The fourth-order valence-electron chi connectivity index (χ4n) is 4.63. The first-order valence-electron chi connectivity index (χ1n) is 12.7. The molecule has 2 aromatic carbocycles. The van der Waals surface area contributed by atoms with E-state index in [2.05, 4.69) is 13.8 Å². The van der Waals surface area contributed by atoms with Gasteiger partial charge in [-0.2, -0.15) is 0 Å². The van der Waals surface area contributed by atoms with E-state index in [9.17, 15) is 9.59 Å². The van der Waals surface area contributed by atoms with Crippen molar-refractivity contribution in [3.8, 4) is 11.5 Å². The van der Waals surface area contributed by atoms with Gasteiger partial charge in [-0.25, -0.2) is 4.98 Å². The molecule has 0 bridgehead atoms. The van der Waals surface area contributed by atoms with E-state index in [1.165, 1.54) is 4.90 Å². The lowest BCUT2D eigenvalue weighted by molar-refractivity contribution is -0.153. The molecule has 0 unspecified atom stereocenters. The highest BCUT2D eigenvalue weighted by Crippen LogP contribution is 2.43. The summed E-state index contributed by atoms with van der Waals surface area (Å²) in [5, 5.41) is 0. The molecule has 9 heteroatoms. The van der Waals surface area contributed by atoms with Gasteiger partial charge in [-0.3, -0.25) is 14.5 Å². The minimum atomic E-state index is -1.11. The Hall–Kier alpha value is -3.59. The molecule has 1 aliphatic rings. The third-order valence-corrected chi connectivity index (χ3v) is 6.49. The number of benzene rings is 2. The Morgan fingerprint density at radius 2 is 1.86 bits per heavy atom. The molecule has 0 saturated heterocycles. The molecule has 1 aromatic heterocycles. The van der Waals surface area contributed by atoms with Crippen LogP contribution < -0.4 is 14.4 Å². The van der Waals surface area contributed by atoms with Crippen LogP contribution in [0.4, 0.5) is 5.95 Å². The van der Waals surface area contributed by atoms with E-state index >= 15 is 0 Å². The van der Waals surface area contributed by atoms with Crippen LogP contribution >= 0.6 is 0 Å². The topological polar surface area (TPSA) is 92.1 Å². The highest BCUT2D eigenvalue weighted by molar-refractivity contribution is 6.08.